The summed E-state index contributed by atoms with van der Waals surface area (Å²) in [6, 6.07) is 17.3. The lowest BCUT2D eigenvalue weighted by atomic mass is 10.1. The van der Waals surface area contributed by atoms with E-state index in [1.54, 1.807) is 49.4 Å². The molecule has 1 atom stereocenters. The van der Waals surface area contributed by atoms with Gasteiger partial charge >= 0.3 is 5.97 Å². The van der Waals surface area contributed by atoms with Crippen molar-refractivity contribution in [3.63, 3.8) is 0 Å². The molecule has 0 fully saturated rings. The number of carbonyl (C=O) groups excluding carboxylic acids is 3. The molecular weight excluding hydrogens is 468 g/mol. The summed E-state index contributed by atoms with van der Waals surface area (Å²) in [5.41, 5.74) is 2.76. The highest BCUT2D eigenvalue weighted by atomic mass is 32.2. The van der Waals surface area contributed by atoms with Gasteiger partial charge in [-0.15, -0.1) is 0 Å². The summed E-state index contributed by atoms with van der Waals surface area (Å²) in [5.74, 6) is -1.50. The Morgan fingerprint density at radius 3 is 2.20 bits per heavy atom. The molecule has 2 N–H and O–H groups in total. The highest BCUT2D eigenvalue weighted by Crippen LogP contribution is 2.21. The summed E-state index contributed by atoms with van der Waals surface area (Å²) in [4.78, 5) is 36.5. The predicted octanol–water partition coefficient (Wildman–Crippen LogP) is 4.49. The number of ether oxygens (including phenoxy) is 1. The predicted molar refractivity (Wildman–Crippen MR) is 133 cm³/mol. The molecule has 3 rings (SSSR count). The lowest BCUT2D eigenvalue weighted by molar-refractivity contribution is -0.123. The van der Waals surface area contributed by atoms with Crippen molar-refractivity contribution in [2.75, 3.05) is 10.0 Å². The zero-order valence-electron chi connectivity index (χ0n) is 19.8. The van der Waals surface area contributed by atoms with Gasteiger partial charge in [-0.1, -0.05) is 18.2 Å². The molecule has 0 spiro atoms. The van der Waals surface area contributed by atoms with Crippen LogP contribution in [0.1, 0.15) is 45.7 Å². The van der Waals surface area contributed by atoms with Gasteiger partial charge in [0, 0.05) is 16.9 Å². The maximum atomic E-state index is 12.9. The van der Waals surface area contributed by atoms with Crippen LogP contribution in [0.4, 0.5) is 11.4 Å². The fourth-order valence-corrected chi connectivity index (χ4v) is 4.30. The third kappa shape index (κ3) is 6.54. The topological polar surface area (TPSA) is 119 Å². The van der Waals surface area contributed by atoms with Crippen LogP contribution in [-0.2, 0) is 19.6 Å². The van der Waals surface area contributed by atoms with E-state index in [0.29, 0.717) is 22.5 Å². The molecule has 9 heteroatoms. The summed E-state index contributed by atoms with van der Waals surface area (Å²) in [7, 11) is -3.96. The standard InChI is InChI=1S/C26H26N2O6S/c1-16-6-5-7-22(14-16)28-35(32,33)23-13-8-17(2)24(15-23)26(31)34-19(4)25(30)27-21-11-9-20(10-12-21)18(3)29/h5-15,19,28H,1-4H3,(H,27,30). The maximum absolute atomic E-state index is 12.9. The molecule has 0 bridgehead atoms. The molecule has 3 aromatic rings. The lowest BCUT2D eigenvalue weighted by Gasteiger charge is -2.15. The van der Waals surface area contributed by atoms with E-state index in [-0.39, 0.29) is 16.2 Å². The number of sulfonamides is 1. The van der Waals surface area contributed by atoms with Crippen LogP contribution in [0.25, 0.3) is 0 Å². The van der Waals surface area contributed by atoms with Crippen molar-refractivity contribution in [3.05, 3.63) is 89.0 Å². The molecule has 0 heterocycles. The SMILES string of the molecule is CC(=O)c1ccc(NC(=O)C(C)OC(=O)c2cc(S(=O)(=O)Nc3cccc(C)c3)ccc2C)cc1. The molecule has 1 amide bonds. The summed E-state index contributed by atoms with van der Waals surface area (Å²) >= 11 is 0. The number of rotatable bonds is 8. The van der Waals surface area contributed by atoms with Crippen molar-refractivity contribution >= 4 is 39.1 Å². The fourth-order valence-electron chi connectivity index (χ4n) is 3.22. The number of aryl methyl sites for hydroxylation is 2. The fraction of sp³-hybridized carbons (Fsp3) is 0.192. The average Bonchev–Trinajstić information content (AvgIpc) is 2.79. The minimum Gasteiger partial charge on any atom is -0.449 e. The molecule has 0 radical (unpaired) electrons. The second-order valence-electron chi connectivity index (χ2n) is 8.12. The third-order valence-electron chi connectivity index (χ3n) is 5.22. The lowest BCUT2D eigenvalue weighted by Crippen LogP contribution is -2.30. The van der Waals surface area contributed by atoms with E-state index in [1.165, 1.54) is 32.0 Å². The largest absolute Gasteiger partial charge is 0.449 e. The van der Waals surface area contributed by atoms with Gasteiger partial charge in [0.2, 0.25) is 0 Å². The number of ketones is 1. The number of hydrogen-bond acceptors (Lipinski definition) is 6. The Bertz CT molecular complexity index is 1380. The molecule has 8 nitrogen and oxygen atoms in total. The first kappa shape index (κ1) is 25.6. The molecular formula is C26H26N2O6S. The van der Waals surface area contributed by atoms with Gasteiger partial charge in [-0.2, -0.15) is 0 Å². The highest BCUT2D eigenvalue weighted by molar-refractivity contribution is 7.92. The van der Waals surface area contributed by atoms with Crippen LogP contribution in [0.5, 0.6) is 0 Å². The number of Topliss-reactive ketones (excluding diaryl/α,β-unsaturated/α-hetero) is 1. The molecule has 3 aromatic carbocycles. The molecule has 0 aromatic heterocycles. The Balaban J connectivity index is 1.72. The summed E-state index contributed by atoms with van der Waals surface area (Å²) in [6.07, 6.45) is -1.15. The van der Waals surface area contributed by atoms with E-state index < -0.39 is 28.0 Å². The summed E-state index contributed by atoms with van der Waals surface area (Å²) in [6.45, 7) is 6.33. The van der Waals surface area contributed by atoms with Crippen LogP contribution in [-0.4, -0.2) is 32.2 Å². The first-order chi connectivity index (χ1) is 16.5. The van der Waals surface area contributed by atoms with E-state index in [2.05, 4.69) is 10.0 Å². The van der Waals surface area contributed by atoms with Crippen molar-refractivity contribution < 1.29 is 27.5 Å². The van der Waals surface area contributed by atoms with Crippen molar-refractivity contribution in [2.45, 2.75) is 38.7 Å². The van der Waals surface area contributed by atoms with E-state index in [9.17, 15) is 22.8 Å². The summed E-state index contributed by atoms with van der Waals surface area (Å²) < 4.78 is 33.5. The second-order valence-corrected chi connectivity index (χ2v) is 9.80. The molecule has 182 valence electrons. The Morgan fingerprint density at radius 2 is 1.57 bits per heavy atom. The summed E-state index contributed by atoms with van der Waals surface area (Å²) in [5, 5.41) is 2.61. The van der Waals surface area contributed by atoms with Gasteiger partial charge in [0.25, 0.3) is 15.9 Å². The van der Waals surface area contributed by atoms with Gasteiger partial charge in [-0.05, 0) is 87.4 Å². The van der Waals surface area contributed by atoms with Gasteiger partial charge < -0.3 is 10.1 Å². The van der Waals surface area contributed by atoms with Crippen molar-refractivity contribution in [2.24, 2.45) is 0 Å². The van der Waals surface area contributed by atoms with Crippen LogP contribution >= 0.6 is 0 Å². The van der Waals surface area contributed by atoms with Crippen LogP contribution in [0.2, 0.25) is 0 Å². The third-order valence-corrected chi connectivity index (χ3v) is 6.60. The number of amides is 1. The average molecular weight is 495 g/mol. The van der Waals surface area contributed by atoms with E-state index in [4.69, 9.17) is 4.74 Å². The van der Waals surface area contributed by atoms with Crippen LogP contribution < -0.4 is 10.0 Å². The van der Waals surface area contributed by atoms with Crippen molar-refractivity contribution in [1.29, 1.82) is 0 Å². The molecule has 0 aliphatic carbocycles. The Hall–Kier alpha value is -3.98. The normalized spacial score (nSPS) is 11.9. The monoisotopic (exact) mass is 494 g/mol. The first-order valence-electron chi connectivity index (χ1n) is 10.8. The minimum absolute atomic E-state index is 0.0302. The Labute approximate surface area is 204 Å². The molecule has 35 heavy (non-hydrogen) atoms. The molecule has 0 saturated carbocycles. The number of carbonyl (C=O) groups is 3. The molecule has 1 unspecified atom stereocenters. The minimum atomic E-state index is -3.96. The number of nitrogens with one attached hydrogen (secondary N) is 2. The molecule has 0 aliphatic rings. The van der Waals surface area contributed by atoms with Gasteiger partial charge in [-0.25, -0.2) is 13.2 Å². The first-order valence-corrected chi connectivity index (χ1v) is 12.3. The second kappa shape index (κ2) is 10.5. The van der Waals surface area contributed by atoms with Crippen LogP contribution in [0.15, 0.2) is 71.6 Å². The molecule has 0 aliphatic heterocycles. The number of hydrogen-bond donors (Lipinski definition) is 2. The van der Waals surface area contributed by atoms with E-state index in [1.807, 2.05) is 13.0 Å². The van der Waals surface area contributed by atoms with Gasteiger partial charge in [0.15, 0.2) is 11.9 Å². The van der Waals surface area contributed by atoms with Crippen LogP contribution in [0.3, 0.4) is 0 Å². The molecule has 0 saturated heterocycles. The van der Waals surface area contributed by atoms with E-state index >= 15 is 0 Å². The van der Waals surface area contributed by atoms with E-state index in [0.717, 1.165) is 5.56 Å². The number of esters is 1. The Kier molecular flexibility index (Phi) is 7.71. The van der Waals surface area contributed by atoms with Gasteiger partial charge in [-0.3, -0.25) is 14.3 Å². The zero-order valence-corrected chi connectivity index (χ0v) is 20.6. The van der Waals surface area contributed by atoms with Crippen LogP contribution in [0, 0.1) is 13.8 Å². The number of benzene rings is 3. The quantitative estimate of drug-likeness (QED) is 0.352. The Morgan fingerprint density at radius 1 is 0.886 bits per heavy atom. The maximum Gasteiger partial charge on any atom is 0.339 e. The highest BCUT2D eigenvalue weighted by Gasteiger charge is 2.23. The van der Waals surface area contributed by atoms with Crippen molar-refractivity contribution in [1.82, 2.24) is 0 Å². The van der Waals surface area contributed by atoms with Gasteiger partial charge in [0.05, 0.1) is 10.5 Å². The smallest absolute Gasteiger partial charge is 0.339 e. The zero-order chi connectivity index (χ0) is 25.8. The van der Waals surface area contributed by atoms with Crippen molar-refractivity contribution in [3.8, 4) is 0 Å². The van der Waals surface area contributed by atoms with Gasteiger partial charge in [0.1, 0.15) is 0 Å². The number of anilines is 2.